The maximum absolute atomic E-state index is 14.0. The average molecular weight is 391 g/mol. The summed E-state index contributed by atoms with van der Waals surface area (Å²) < 4.78 is 19.7. The molecule has 1 aromatic heterocycles. The third-order valence-electron chi connectivity index (χ3n) is 3.62. The molecule has 1 heterocycles. The molecule has 26 heavy (non-hydrogen) atoms. The molecule has 1 amide bonds. The van der Waals surface area contributed by atoms with Crippen LogP contribution in [0.15, 0.2) is 60.8 Å². The molecule has 0 N–H and O–H groups in total. The van der Waals surface area contributed by atoms with Gasteiger partial charge in [0.2, 0.25) is 5.88 Å². The van der Waals surface area contributed by atoms with Gasteiger partial charge in [-0.1, -0.05) is 35.3 Å². The first-order valence-corrected chi connectivity index (χ1v) is 8.33. The highest BCUT2D eigenvalue weighted by atomic mass is 35.5. The third-order valence-corrected chi connectivity index (χ3v) is 4.17. The van der Waals surface area contributed by atoms with Gasteiger partial charge in [-0.25, -0.2) is 9.37 Å². The van der Waals surface area contributed by atoms with Crippen molar-refractivity contribution >= 4 is 34.8 Å². The number of amides is 1. The Kier molecular flexibility index (Phi) is 5.40. The summed E-state index contributed by atoms with van der Waals surface area (Å²) in [5.74, 6) is -0.672. The minimum absolute atomic E-state index is 0.0462. The van der Waals surface area contributed by atoms with Crippen molar-refractivity contribution in [3.05, 3.63) is 82.2 Å². The molecule has 132 valence electrons. The lowest BCUT2D eigenvalue weighted by molar-refractivity contribution is 0.0989. The van der Waals surface area contributed by atoms with Crippen LogP contribution in [-0.4, -0.2) is 17.9 Å². The van der Waals surface area contributed by atoms with Gasteiger partial charge in [-0.2, -0.15) is 0 Å². The number of nitrogens with zero attached hydrogens (tertiary/aromatic N) is 2. The monoisotopic (exact) mass is 390 g/mol. The molecule has 0 radical (unpaired) electrons. The number of pyridine rings is 1. The molecule has 0 saturated carbocycles. The van der Waals surface area contributed by atoms with Gasteiger partial charge in [-0.15, -0.1) is 0 Å². The van der Waals surface area contributed by atoms with Crippen LogP contribution in [0.4, 0.5) is 10.1 Å². The second kappa shape index (κ2) is 7.72. The lowest BCUT2D eigenvalue weighted by atomic mass is 10.2. The molecule has 0 bridgehead atoms. The Morgan fingerprint density at radius 2 is 1.88 bits per heavy atom. The highest BCUT2D eigenvalue weighted by molar-refractivity contribution is 6.34. The second-order valence-electron chi connectivity index (χ2n) is 5.35. The van der Waals surface area contributed by atoms with Gasteiger partial charge in [0.15, 0.2) is 0 Å². The molecule has 3 aromatic rings. The minimum Gasteiger partial charge on any atom is -0.437 e. The zero-order valence-corrected chi connectivity index (χ0v) is 15.1. The Bertz CT molecular complexity index is 966. The van der Waals surface area contributed by atoms with Crippen LogP contribution < -0.4 is 9.64 Å². The van der Waals surface area contributed by atoms with E-state index in [4.69, 9.17) is 27.9 Å². The van der Waals surface area contributed by atoms with E-state index >= 15 is 0 Å². The largest absolute Gasteiger partial charge is 0.437 e. The lowest BCUT2D eigenvalue weighted by Crippen LogP contribution is -2.27. The van der Waals surface area contributed by atoms with Crippen LogP contribution in [-0.2, 0) is 0 Å². The summed E-state index contributed by atoms with van der Waals surface area (Å²) in [6.45, 7) is 0. The average Bonchev–Trinajstić information content (AvgIpc) is 2.64. The van der Waals surface area contributed by atoms with Crippen LogP contribution in [0.2, 0.25) is 10.0 Å². The van der Waals surface area contributed by atoms with E-state index in [0.29, 0.717) is 10.0 Å². The molecule has 0 fully saturated rings. The van der Waals surface area contributed by atoms with Gasteiger partial charge in [0.1, 0.15) is 17.1 Å². The van der Waals surface area contributed by atoms with Gasteiger partial charge in [0.25, 0.3) is 5.91 Å². The number of rotatable bonds is 4. The van der Waals surface area contributed by atoms with Crippen molar-refractivity contribution in [2.45, 2.75) is 0 Å². The van der Waals surface area contributed by atoms with Crippen molar-refractivity contribution in [1.29, 1.82) is 0 Å². The van der Waals surface area contributed by atoms with E-state index in [1.807, 2.05) is 0 Å². The molecule has 7 heteroatoms. The Balaban J connectivity index is 1.95. The zero-order valence-electron chi connectivity index (χ0n) is 13.6. The number of carbonyl (C=O) groups is 1. The van der Waals surface area contributed by atoms with E-state index in [9.17, 15) is 9.18 Å². The number of benzene rings is 2. The van der Waals surface area contributed by atoms with Gasteiger partial charge in [-0.3, -0.25) is 4.79 Å². The quantitative estimate of drug-likeness (QED) is 0.582. The van der Waals surface area contributed by atoms with Crippen LogP contribution in [0.5, 0.6) is 11.6 Å². The van der Waals surface area contributed by atoms with E-state index in [0.717, 1.165) is 0 Å². The first-order chi connectivity index (χ1) is 12.5. The predicted octanol–water partition coefficient (Wildman–Crippen LogP) is 5.60. The lowest BCUT2D eigenvalue weighted by Gasteiger charge is -2.19. The molecule has 0 saturated heterocycles. The van der Waals surface area contributed by atoms with Crippen molar-refractivity contribution in [2.24, 2.45) is 0 Å². The van der Waals surface area contributed by atoms with Crippen molar-refractivity contribution in [2.75, 3.05) is 11.9 Å². The summed E-state index contributed by atoms with van der Waals surface area (Å²) in [6.07, 6.45) is 1.48. The van der Waals surface area contributed by atoms with Crippen LogP contribution in [0.25, 0.3) is 0 Å². The Morgan fingerprint density at radius 3 is 2.65 bits per heavy atom. The summed E-state index contributed by atoms with van der Waals surface area (Å²) in [5.41, 5.74) is 0.308. The summed E-state index contributed by atoms with van der Waals surface area (Å²) in [7, 11) is 1.48. The summed E-state index contributed by atoms with van der Waals surface area (Å²) in [4.78, 5) is 18.1. The number of carbonyl (C=O) groups excluding carboxylic acids is 1. The van der Waals surface area contributed by atoms with Gasteiger partial charge < -0.3 is 9.64 Å². The van der Waals surface area contributed by atoms with Crippen LogP contribution in [0, 0.1) is 5.82 Å². The molecule has 0 unspecified atom stereocenters. The number of halogens is 3. The molecule has 4 nitrogen and oxygen atoms in total. The number of anilines is 1. The molecule has 0 aliphatic carbocycles. The first kappa shape index (κ1) is 18.2. The van der Waals surface area contributed by atoms with E-state index < -0.39 is 11.7 Å². The Morgan fingerprint density at radius 1 is 1.12 bits per heavy atom. The van der Waals surface area contributed by atoms with Crippen molar-refractivity contribution in [1.82, 2.24) is 4.98 Å². The Hall–Kier alpha value is -2.63. The van der Waals surface area contributed by atoms with Crippen molar-refractivity contribution in [3.8, 4) is 11.6 Å². The molecule has 0 aliphatic heterocycles. The molecular weight excluding hydrogens is 378 g/mol. The fourth-order valence-electron chi connectivity index (χ4n) is 2.31. The molecular formula is C19H13Cl2FN2O2. The molecule has 2 aromatic carbocycles. The summed E-state index contributed by atoms with van der Waals surface area (Å²) >= 11 is 12.1. The second-order valence-corrected chi connectivity index (χ2v) is 6.19. The highest BCUT2D eigenvalue weighted by Crippen LogP contribution is 2.33. The molecule has 0 atom stereocenters. The molecule has 0 spiro atoms. The normalized spacial score (nSPS) is 10.5. The minimum atomic E-state index is -0.507. The maximum atomic E-state index is 14.0. The SMILES string of the molecule is CN(C(=O)c1cccnc1Oc1cc(Cl)ccc1Cl)c1ccccc1F. The van der Waals surface area contributed by atoms with Crippen LogP contribution in [0.3, 0.4) is 0 Å². The van der Waals surface area contributed by atoms with E-state index in [1.54, 1.807) is 36.4 Å². The van der Waals surface area contributed by atoms with Gasteiger partial charge in [-0.05, 0) is 36.4 Å². The van der Waals surface area contributed by atoms with E-state index in [1.165, 1.54) is 36.3 Å². The predicted molar refractivity (Wildman–Crippen MR) is 99.9 cm³/mol. The fourth-order valence-corrected chi connectivity index (χ4v) is 2.63. The number of ether oxygens (including phenoxy) is 1. The number of aromatic nitrogens is 1. The fraction of sp³-hybridized carbons (Fsp3) is 0.0526. The van der Waals surface area contributed by atoms with Crippen LogP contribution in [0.1, 0.15) is 10.4 Å². The number of hydrogen-bond donors (Lipinski definition) is 0. The van der Waals surface area contributed by atoms with E-state index in [-0.39, 0.29) is 22.9 Å². The number of hydrogen-bond acceptors (Lipinski definition) is 3. The Labute approximate surface area is 159 Å². The molecule has 3 rings (SSSR count). The van der Waals surface area contributed by atoms with Crippen molar-refractivity contribution in [3.63, 3.8) is 0 Å². The maximum Gasteiger partial charge on any atom is 0.263 e. The highest BCUT2D eigenvalue weighted by Gasteiger charge is 2.21. The summed E-state index contributed by atoms with van der Waals surface area (Å²) in [6, 6.07) is 13.8. The summed E-state index contributed by atoms with van der Waals surface area (Å²) in [5, 5.41) is 0.748. The van der Waals surface area contributed by atoms with E-state index in [2.05, 4.69) is 4.98 Å². The first-order valence-electron chi connectivity index (χ1n) is 7.58. The number of para-hydroxylation sites is 1. The van der Waals surface area contributed by atoms with Gasteiger partial charge >= 0.3 is 0 Å². The standard InChI is InChI=1S/C19H13Cl2FN2O2/c1-24(16-7-3-2-6-15(16)22)19(25)13-5-4-10-23-18(13)26-17-11-12(20)8-9-14(17)21/h2-11H,1H3. The van der Waals surface area contributed by atoms with Gasteiger partial charge in [0, 0.05) is 24.3 Å². The topological polar surface area (TPSA) is 42.4 Å². The van der Waals surface area contributed by atoms with Crippen molar-refractivity contribution < 1.29 is 13.9 Å². The van der Waals surface area contributed by atoms with Crippen LogP contribution >= 0.6 is 23.2 Å². The zero-order chi connectivity index (χ0) is 18.7. The smallest absolute Gasteiger partial charge is 0.263 e. The molecule has 0 aliphatic rings. The van der Waals surface area contributed by atoms with Gasteiger partial charge in [0.05, 0.1) is 10.7 Å². The third kappa shape index (κ3) is 3.79.